The second-order valence-corrected chi connectivity index (χ2v) is 4.28. The molecular weight excluding hydrogens is 249 g/mol. The molecule has 0 aromatic heterocycles. The molecular formula is C12H15F3O3. The standard InChI is InChI=1S/C12H15F3O3/c1-11(2,16)7-5-6-8(12(13,14)15)10(18-4)9(7)17-3/h5-6,16H,1-4H3. The molecule has 3 nitrogen and oxygen atoms in total. The highest BCUT2D eigenvalue weighted by Crippen LogP contribution is 2.45. The van der Waals surface area contributed by atoms with E-state index in [9.17, 15) is 18.3 Å². The van der Waals surface area contributed by atoms with E-state index < -0.39 is 23.1 Å². The third-order valence-electron chi connectivity index (χ3n) is 2.48. The van der Waals surface area contributed by atoms with E-state index in [4.69, 9.17) is 9.47 Å². The van der Waals surface area contributed by atoms with Crippen molar-refractivity contribution in [2.24, 2.45) is 0 Å². The molecule has 6 heteroatoms. The number of methoxy groups -OCH3 is 2. The van der Waals surface area contributed by atoms with Crippen molar-refractivity contribution in [2.75, 3.05) is 14.2 Å². The van der Waals surface area contributed by atoms with Gasteiger partial charge in [0, 0.05) is 5.56 Å². The van der Waals surface area contributed by atoms with Gasteiger partial charge in [-0.3, -0.25) is 0 Å². The quantitative estimate of drug-likeness (QED) is 0.912. The van der Waals surface area contributed by atoms with Gasteiger partial charge < -0.3 is 14.6 Å². The van der Waals surface area contributed by atoms with Gasteiger partial charge in [-0.2, -0.15) is 13.2 Å². The van der Waals surface area contributed by atoms with Crippen LogP contribution in [0.4, 0.5) is 13.2 Å². The average molecular weight is 264 g/mol. The van der Waals surface area contributed by atoms with Crippen LogP contribution >= 0.6 is 0 Å². The van der Waals surface area contributed by atoms with Crippen LogP contribution in [-0.2, 0) is 11.8 Å². The van der Waals surface area contributed by atoms with Crippen LogP contribution in [0.2, 0.25) is 0 Å². The Morgan fingerprint density at radius 1 is 0.944 bits per heavy atom. The Morgan fingerprint density at radius 3 is 1.67 bits per heavy atom. The van der Waals surface area contributed by atoms with Crippen LogP contribution in [0.1, 0.15) is 25.0 Å². The molecule has 0 unspecified atom stereocenters. The van der Waals surface area contributed by atoms with Crippen LogP contribution < -0.4 is 9.47 Å². The second kappa shape index (κ2) is 4.68. The molecule has 0 aliphatic heterocycles. The van der Waals surface area contributed by atoms with E-state index in [2.05, 4.69) is 0 Å². The number of halogens is 3. The van der Waals surface area contributed by atoms with Crippen molar-refractivity contribution in [3.63, 3.8) is 0 Å². The molecule has 0 fully saturated rings. The lowest BCUT2D eigenvalue weighted by Crippen LogP contribution is -2.19. The Hall–Kier alpha value is -1.43. The van der Waals surface area contributed by atoms with Crippen LogP contribution in [0.5, 0.6) is 11.5 Å². The highest BCUT2D eigenvalue weighted by molar-refractivity contribution is 5.54. The van der Waals surface area contributed by atoms with Gasteiger partial charge >= 0.3 is 6.18 Å². The summed E-state index contributed by atoms with van der Waals surface area (Å²) in [6.07, 6.45) is -4.54. The van der Waals surface area contributed by atoms with Crippen molar-refractivity contribution >= 4 is 0 Å². The molecule has 0 aliphatic carbocycles. The number of benzene rings is 1. The van der Waals surface area contributed by atoms with Crippen LogP contribution in [0.3, 0.4) is 0 Å². The van der Waals surface area contributed by atoms with Gasteiger partial charge in [0.25, 0.3) is 0 Å². The number of alkyl halides is 3. The Bertz CT molecular complexity index is 392. The zero-order chi connectivity index (χ0) is 14.1. The van der Waals surface area contributed by atoms with Crippen molar-refractivity contribution in [3.05, 3.63) is 23.3 Å². The molecule has 0 atom stereocenters. The second-order valence-electron chi connectivity index (χ2n) is 4.28. The van der Waals surface area contributed by atoms with E-state index in [0.29, 0.717) is 0 Å². The first kappa shape index (κ1) is 14.6. The third-order valence-corrected chi connectivity index (χ3v) is 2.48. The van der Waals surface area contributed by atoms with Gasteiger partial charge in [0.2, 0.25) is 0 Å². The summed E-state index contributed by atoms with van der Waals surface area (Å²) in [4.78, 5) is 0. The fourth-order valence-electron chi connectivity index (χ4n) is 1.67. The Kier molecular flexibility index (Phi) is 3.81. The molecule has 0 bridgehead atoms. The lowest BCUT2D eigenvalue weighted by Gasteiger charge is -2.24. The highest BCUT2D eigenvalue weighted by atomic mass is 19.4. The van der Waals surface area contributed by atoms with Crippen molar-refractivity contribution in [2.45, 2.75) is 25.6 Å². The minimum atomic E-state index is -4.54. The highest BCUT2D eigenvalue weighted by Gasteiger charge is 2.38. The smallest absolute Gasteiger partial charge is 0.420 e. The molecule has 1 N–H and O–H groups in total. The van der Waals surface area contributed by atoms with Crippen LogP contribution in [0.15, 0.2) is 12.1 Å². The molecule has 18 heavy (non-hydrogen) atoms. The first-order chi connectivity index (χ1) is 8.12. The van der Waals surface area contributed by atoms with Gasteiger partial charge in [0.05, 0.1) is 19.8 Å². The van der Waals surface area contributed by atoms with E-state index in [1.807, 2.05) is 0 Å². The van der Waals surface area contributed by atoms with Gasteiger partial charge in [0.15, 0.2) is 11.5 Å². The zero-order valence-corrected chi connectivity index (χ0v) is 10.6. The maximum atomic E-state index is 12.8. The zero-order valence-electron chi connectivity index (χ0n) is 10.6. The van der Waals surface area contributed by atoms with Gasteiger partial charge in [-0.15, -0.1) is 0 Å². The number of ether oxygens (including phenoxy) is 2. The van der Waals surface area contributed by atoms with Crippen LogP contribution in [-0.4, -0.2) is 19.3 Å². The molecule has 1 aromatic carbocycles. The average Bonchev–Trinajstić information content (AvgIpc) is 2.24. The largest absolute Gasteiger partial charge is 0.492 e. The maximum Gasteiger partial charge on any atom is 0.420 e. The van der Waals surface area contributed by atoms with E-state index in [0.717, 1.165) is 13.2 Å². The predicted octanol–water partition coefficient (Wildman–Crippen LogP) is 2.95. The number of aliphatic hydroxyl groups is 1. The van der Waals surface area contributed by atoms with E-state index in [-0.39, 0.29) is 11.3 Å². The summed E-state index contributed by atoms with van der Waals surface area (Å²) < 4.78 is 48.1. The van der Waals surface area contributed by atoms with Gasteiger partial charge in [-0.25, -0.2) is 0 Å². The van der Waals surface area contributed by atoms with Gasteiger partial charge in [-0.05, 0) is 19.9 Å². The lowest BCUT2D eigenvalue weighted by molar-refractivity contribution is -0.139. The normalized spacial score (nSPS) is 12.4. The first-order valence-corrected chi connectivity index (χ1v) is 5.18. The number of hydrogen-bond donors (Lipinski definition) is 1. The van der Waals surface area contributed by atoms with Crippen molar-refractivity contribution in [1.29, 1.82) is 0 Å². The minimum Gasteiger partial charge on any atom is -0.492 e. The molecule has 0 aliphatic rings. The SMILES string of the molecule is COc1c(C(C)(C)O)ccc(C(F)(F)F)c1OC. The van der Waals surface area contributed by atoms with E-state index in [1.54, 1.807) is 0 Å². The molecule has 0 saturated carbocycles. The fourth-order valence-corrected chi connectivity index (χ4v) is 1.67. The van der Waals surface area contributed by atoms with Crippen LogP contribution in [0, 0.1) is 0 Å². The molecule has 0 amide bonds. The van der Waals surface area contributed by atoms with Crippen molar-refractivity contribution < 1.29 is 27.8 Å². The number of rotatable bonds is 3. The monoisotopic (exact) mass is 264 g/mol. The summed E-state index contributed by atoms with van der Waals surface area (Å²) in [5.41, 5.74) is -2.03. The van der Waals surface area contributed by atoms with Crippen molar-refractivity contribution in [1.82, 2.24) is 0 Å². The molecule has 0 saturated heterocycles. The minimum absolute atomic E-state index is 0.111. The summed E-state index contributed by atoms with van der Waals surface area (Å²) in [5.74, 6) is -0.538. The third kappa shape index (κ3) is 2.69. The molecule has 1 rings (SSSR count). The lowest BCUT2D eigenvalue weighted by atomic mass is 9.95. The summed E-state index contributed by atoms with van der Waals surface area (Å²) in [6.45, 7) is 2.91. The molecule has 0 spiro atoms. The molecule has 0 radical (unpaired) electrons. The van der Waals surface area contributed by atoms with Gasteiger partial charge in [0.1, 0.15) is 5.56 Å². The molecule has 0 heterocycles. The van der Waals surface area contributed by atoms with E-state index in [1.165, 1.54) is 27.0 Å². The Balaban J connectivity index is 3.57. The van der Waals surface area contributed by atoms with Crippen molar-refractivity contribution in [3.8, 4) is 11.5 Å². The summed E-state index contributed by atoms with van der Waals surface area (Å²) in [5, 5.41) is 9.90. The predicted molar refractivity (Wildman–Crippen MR) is 59.8 cm³/mol. The van der Waals surface area contributed by atoms with Crippen LogP contribution in [0.25, 0.3) is 0 Å². The van der Waals surface area contributed by atoms with E-state index >= 15 is 0 Å². The molecule has 1 aromatic rings. The number of hydrogen-bond acceptors (Lipinski definition) is 3. The fraction of sp³-hybridized carbons (Fsp3) is 0.500. The Morgan fingerprint density at radius 2 is 1.33 bits per heavy atom. The summed E-state index contributed by atoms with van der Waals surface area (Å²) >= 11 is 0. The topological polar surface area (TPSA) is 38.7 Å². The molecule has 102 valence electrons. The Labute approximate surface area is 103 Å². The summed E-state index contributed by atoms with van der Waals surface area (Å²) in [7, 11) is 2.36. The first-order valence-electron chi connectivity index (χ1n) is 5.18. The maximum absolute atomic E-state index is 12.8. The summed E-state index contributed by atoms with van der Waals surface area (Å²) in [6, 6.07) is 2.05. The van der Waals surface area contributed by atoms with Gasteiger partial charge in [-0.1, -0.05) is 6.07 Å².